The Balaban J connectivity index is 1.91. The number of amides is 1. The Kier molecular flexibility index (Phi) is 6.17. The third kappa shape index (κ3) is 4.81. The molecular weight excluding hydrogens is 306 g/mol. The van der Waals surface area contributed by atoms with Crippen LogP contribution in [0.3, 0.4) is 0 Å². The predicted molar refractivity (Wildman–Crippen MR) is 87.6 cm³/mol. The Morgan fingerprint density at radius 1 is 1.33 bits per heavy atom. The quantitative estimate of drug-likeness (QED) is 0.770. The Morgan fingerprint density at radius 2 is 2.14 bits per heavy atom. The van der Waals surface area contributed by atoms with Crippen LogP contribution in [0.15, 0.2) is 29.6 Å². The number of carbonyl (C=O) groups is 1. The zero-order valence-corrected chi connectivity index (χ0v) is 13.2. The van der Waals surface area contributed by atoms with E-state index in [2.05, 4.69) is 10.3 Å². The van der Waals surface area contributed by atoms with Crippen molar-refractivity contribution in [3.8, 4) is 10.6 Å². The summed E-state index contributed by atoms with van der Waals surface area (Å²) in [6.07, 6.45) is 2.13. The van der Waals surface area contributed by atoms with Gasteiger partial charge in [-0.05, 0) is 25.5 Å². The molecule has 21 heavy (non-hydrogen) atoms. The van der Waals surface area contributed by atoms with E-state index in [1.807, 2.05) is 29.6 Å². The van der Waals surface area contributed by atoms with E-state index < -0.39 is 0 Å². The van der Waals surface area contributed by atoms with Crippen LogP contribution in [0.25, 0.3) is 10.6 Å². The van der Waals surface area contributed by atoms with Gasteiger partial charge in [-0.2, -0.15) is 0 Å². The van der Waals surface area contributed by atoms with Gasteiger partial charge in [0.2, 0.25) is 5.91 Å². The van der Waals surface area contributed by atoms with Crippen LogP contribution in [0.5, 0.6) is 0 Å². The topological polar surface area (TPSA) is 68.0 Å². The molecular formula is C15H18ClN3OS. The average molecular weight is 324 g/mol. The molecule has 0 saturated heterocycles. The molecule has 0 saturated carbocycles. The van der Waals surface area contributed by atoms with E-state index in [0.717, 1.165) is 29.1 Å². The molecule has 6 heteroatoms. The van der Waals surface area contributed by atoms with Crippen LogP contribution in [0.4, 0.5) is 0 Å². The molecule has 0 fully saturated rings. The van der Waals surface area contributed by atoms with Crippen LogP contribution >= 0.6 is 22.9 Å². The number of aromatic nitrogens is 1. The van der Waals surface area contributed by atoms with E-state index in [1.165, 1.54) is 11.3 Å². The molecule has 4 nitrogen and oxygen atoms in total. The molecule has 3 N–H and O–H groups in total. The van der Waals surface area contributed by atoms with Crippen LogP contribution in [0.1, 0.15) is 18.5 Å². The summed E-state index contributed by atoms with van der Waals surface area (Å²) in [4.78, 5) is 16.3. The van der Waals surface area contributed by atoms with Crippen molar-refractivity contribution < 1.29 is 4.79 Å². The Hall–Kier alpha value is -1.43. The van der Waals surface area contributed by atoms with Gasteiger partial charge in [0.1, 0.15) is 5.01 Å². The first-order valence-electron chi connectivity index (χ1n) is 6.87. The number of benzene rings is 1. The molecule has 112 valence electrons. The first-order valence-corrected chi connectivity index (χ1v) is 8.12. The number of nitrogens with zero attached hydrogens (tertiary/aromatic N) is 1. The van der Waals surface area contributed by atoms with E-state index in [9.17, 15) is 4.79 Å². The molecule has 2 aromatic rings. The van der Waals surface area contributed by atoms with Crippen molar-refractivity contribution in [2.24, 2.45) is 5.73 Å². The van der Waals surface area contributed by atoms with Crippen molar-refractivity contribution in [1.29, 1.82) is 0 Å². The highest BCUT2D eigenvalue weighted by molar-refractivity contribution is 7.13. The molecule has 1 heterocycles. The number of halogens is 1. The maximum Gasteiger partial charge on any atom is 0.226 e. The maximum absolute atomic E-state index is 11.8. The number of hydrogen-bond acceptors (Lipinski definition) is 4. The Morgan fingerprint density at radius 3 is 2.90 bits per heavy atom. The second-order valence-electron chi connectivity index (χ2n) is 4.65. The van der Waals surface area contributed by atoms with E-state index in [0.29, 0.717) is 24.5 Å². The summed E-state index contributed by atoms with van der Waals surface area (Å²) in [5.74, 6) is -0.0111. The molecule has 0 radical (unpaired) electrons. The fourth-order valence-corrected chi connectivity index (χ4v) is 3.01. The number of nitrogens with one attached hydrogen (secondary N) is 1. The van der Waals surface area contributed by atoms with Crippen molar-refractivity contribution in [1.82, 2.24) is 10.3 Å². The standard InChI is InChI=1S/C15H18ClN3OS/c16-13-6-2-1-5-12(13)15-19-11(10-21-15)9-14(20)18-8-4-3-7-17/h1-2,5-6,10H,3-4,7-9,17H2,(H,18,20). The highest BCUT2D eigenvalue weighted by Crippen LogP contribution is 2.30. The number of unbranched alkanes of at least 4 members (excludes halogenated alkanes) is 1. The second kappa shape index (κ2) is 8.12. The minimum absolute atomic E-state index is 0.0111. The van der Waals surface area contributed by atoms with Crippen LogP contribution in [0, 0.1) is 0 Å². The van der Waals surface area contributed by atoms with Gasteiger partial charge in [0.25, 0.3) is 0 Å². The summed E-state index contributed by atoms with van der Waals surface area (Å²) in [7, 11) is 0. The molecule has 0 aliphatic carbocycles. The molecule has 0 atom stereocenters. The van der Waals surface area contributed by atoms with Gasteiger partial charge in [-0.25, -0.2) is 4.98 Å². The number of hydrogen-bond donors (Lipinski definition) is 2. The highest BCUT2D eigenvalue weighted by atomic mass is 35.5. The summed E-state index contributed by atoms with van der Waals surface area (Å²) in [6.45, 7) is 1.32. The van der Waals surface area contributed by atoms with Crippen molar-refractivity contribution >= 4 is 28.8 Å². The predicted octanol–water partition coefficient (Wildman–Crippen LogP) is 2.86. The summed E-state index contributed by atoms with van der Waals surface area (Å²) in [5, 5.41) is 6.28. The molecule has 1 aromatic carbocycles. The molecule has 1 aromatic heterocycles. The van der Waals surface area contributed by atoms with Crippen molar-refractivity contribution in [2.75, 3.05) is 13.1 Å². The SMILES string of the molecule is NCCCCNC(=O)Cc1csc(-c2ccccc2Cl)n1. The average Bonchev–Trinajstić information content (AvgIpc) is 2.92. The van der Waals surface area contributed by atoms with Crippen LogP contribution in [0.2, 0.25) is 5.02 Å². The summed E-state index contributed by atoms with van der Waals surface area (Å²) in [5.41, 5.74) is 7.08. The molecule has 2 rings (SSSR count). The third-order valence-electron chi connectivity index (χ3n) is 2.95. The first kappa shape index (κ1) is 15.9. The lowest BCUT2D eigenvalue weighted by atomic mass is 10.2. The number of thiazole rings is 1. The number of rotatable bonds is 7. The molecule has 0 bridgehead atoms. The molecule has 1 amide bonds. The summed E-state index contributed by atoms with van der Waals surface area (Å²) in [6, 6.07) is 7.57. The van der Waals surface area contributed by atoms with Gasteiger partial charge >= 0.3 is 0 Å². The third-order valence-corrected chi connectivity index (χ3v) is 4.20. The van der Waals surface area contributed by atoms with Gasteiger partial charge in [-0.15, -0.1) is 11.3 Å². The van der Waals surface area contributed by atoms with Gasteiger partial charge in [-0.1, -0.05) is 29.8 Å². The van der Waals surface area contributed by atoms with E-state index in [-0.39, 0.29) is 5.91 Å². The van der Waals surface area contributed by atoms with Gasteiger partial charge in [0, 0.05) is 17.5 Å². The van der Waals surface area contributed by atoms with Gasteiger partial charge in [0.05, 0.1) is 17.1 Å². The fraction of sp³-hybridized carbons (Fsp3) is 0.333. The van der Waals surface area contributed by atoms with Gasteiger partial charge in [0.15, 0.2) is 0 Å². The van der Waals surface area contributed by atoms with Crippen LogP contribution in [-0.2, 0) is 11.2 Å². The smallest absolute Gasteiger partial charge is 0.226 e. The van der Waals surface area contributed by atoms with E-state index in [1.54, 1.807) is 0 Å². The fourth-order valence-electron chi connectivity index (χ4n) is 1.87. The van der Waals surface area contributed by atoms with Crippen LogP contribution < -0.4 is 11.1 Å². The van der Waals surface area contributed by atoms with Gasteiger partial charge < -0.3 is 11.1 Å². The molecule has 0 unspecified atom stereocenters. The highest BCUT2D eigenvalue weighted by Gasteiger charge is 2.10. The Labute approximate surface area is 133 Å². The molecule has 0 aliphatic heterocycles. The lowest BCUT2D eigenvalue weighted by Gasteiger charge is -2.03. The Bertz CT molecular complexity index is 600. The first-order chi connectivity index (χ1) is 10.2. The number of nitrogens with two attached hydrogens (primary N) is 1. The maximum atomic E-state index is 11.8. The zero-order valence-electron chi connectivity index (χ0n) is 11.6. The molecule has 0 spiro atoms. The van der Waals surface area contributed by atoms with Gasteiger partial charge in [-0.3, -0.25) is 4.79 Å². The minimum atomic E-state index is -0.0111. The van der Waals surface area contributed by atoms with E-state index in [4.69, 9.17) is 17.3 Å². The second-order valence-corrected chi connectivity index (χ2v) is 5.91. The van der Waals surface area contributed by atoms with Crippen molar-refractivity contribution in [3.05, 3.63) is 40.4 Å². The largest absolute Gasteiger partial charge is 0.356 e. The van der Waals surface area contributed by atoms with Crippen molar-refractivity contribution in [3.63, 3.8) is 0 Å². The molecule has 0 aliphatic rings. The van der Waals surface area contributed by atoms with Crippen molar-refractivity contribution in [2.45, 2.75) is 19.3 Å². The minimum Gasteiger partial charge on any atom is -0.356 e. The van der Waals surface area contributed by atoms with Crippen LogP contribution in [-0.4, -0.2) is 24.0 Å². The zero-order chi connectivity index (χ0) is 15.1. The lowest BCUT2D eigenvalue weighted by molar-refractivity contribution is -0.120. The lowest BCUT2D eigenvalue weighted by Crippen LogP contribution is -2.26. The summed E-state index contributed by atoms with van der Waals surface area (Å²) < 4.78 is 0. The normalized spacial score (nSPS) is 10.6. The summed E-state index contributed by atoms with van der Waals surface area (Å²) >= 11 is 7.65. The number of carbonyl (C=O) groups excluding carboxylic acids is 1. The monoisotopic (exact) mass is 323 g/mol. The van der Waals surface area contributed by atoms with E-state index >= 15 is 0 Å².